The summed E-state index contributed by atoms with van der Waals surface area (Å²) in [5.74, 6) is 1.31. The molecule has 3 nitrogen and oxygen atoms in total. The Morgan fingerprint density at radius 2 is 1.93 bits per heavy atom. The average Bonchev–Trinajstić information content (AvgIpc) is 3.40. The van der Waals surface area contributed by atoms with E-state index in [9.17, 15) is 4.79 Å². The monoisotopic (exact) mass is 359 g/mol. The van der Waals surface area contributed by atoms with Gasteiger partial charge in [-0.2, -0.15) is 0 Å². The molecule has 0 heterocycles. The summed E-state index contributed by atoms with van der Waals surface area (Å²) in [6, 6.07) is 18.7. The van der Waals surface area contributed by atoms with Crippen LogP contribution in [0.4, 0.5) is 0 Å². The minimum Gasteiger partial charge on any atom is -0.494 e. The van der Waals surface area contributed by atoms with Crippen LogP contribution < -0.4 is 10.1 Å². The topological polar surface area (TPSA) is 38.3 Å². The van der Waals surface area contributed by atoms with E-state index in [1.807, 2.05) is 44.2 Å². The van der Waals surface area contributed by atoms with E-state index in [1.54, 1.807) is 0 Å². The van der Waals surface area contributed by atoms with Gasteiger partial charge in [-0.25, -0.2) is 0 Å². The molecule has 1 fully saturated rings. The van der Waals surface area contributed by atoms with E-state index in [0.29, 0.717) is 12.5 Å². The first-order chi connectivity index (χ1) is 13.0. The Kier molecular flexibility index (Phi) is 4.61. The minimum absolute atomic E-state index is 0.0169. The molecule has 4 rings (SSSR count). The van der Waals surface area contributed by atoms with Crippen molar-refractivity contribution >= 4 is 16.7 Å². The van der Waals surface area contributed by atoms with Crippen molar-refractivity contribution in [3.63, 3.8) is 0 Å². The maximum absolute atomic E-state index is 12.5. The number of ether oxygens (including phenoxy) is 1. The Balaban J connectivity index is 1.53. The van der Waals surface area contributed by atoms with Gasteiger partial charge in [0.1, 0.15) is 5.75 Å². The molecule has 3 heteroatoms. The van der Waals surface area contributed by atoms with E-state index < -0.39 is 0 Å². The molecule has 1 aliphatic carbocycles. The third-order valence-electron chi connectivity index (χ3n) is 5.29. The van der Waals surface area contributed by atoms with Crippen molar-refractivity contribution in [1.82, 2.24) is 5.32 Å². The van der Waals surface area contributed by atoms with Crippen LogP contribution in [0.5, 0.6) is 5.75 Å². The van der Waals surface area contributed by atoms with Crippen LogP contribution in [0.15, 0.2) is 54.6 Å². The Morgan fingerprint density at radius 1 is 1.07 bits per heavy atom. The summed E-state index contributed by atoms with van der Waals surface area (Å²) in [4.78, 5) is 12.5. The molecule has 27 heavy (non-hydrogen) atoms. The highest BCUT2D eigenvalue weighted by atomic mass is 16.5. The lowest BCUT2D eigenvalue weighted by atomic mass is 9.98. The highest BCUT2D eigenvalue weighted by Gasteiger charge is 2.40. The number of nitrogens with one attached hydrogen (secondary N) is 1. The maximum atomic E-state index is 12.5. The highest BCUT2D eigenvalue weighted by Crippen LogP contribution is 2.43. The van der Waals surface area contributed by atoms with Crippen LogP contribution in [0.2, 0.25) is 0 Å². The smallest absolute Gasteiger partial charge is 0.251 e. The van der Waals surface area contributed by atoms with E-state index in [1.165, 1.54) is 21.9 Å². The van der Waals surface area contributed by atoms with Crippen molar-refractivity contribution in [3.8, 4) is 5.75 Å². The van der Waals surface area contributed by atoms with Crippen LogP contribution in [-0.4, -0.2) is 18.6 Å². The number of fused-ring (bicyclic) bond motifs is 1. The van der Waals surface area contributed by atoms with Crippen LogP contribution in [-0.2, 0) is 0 Å². The van der Waals surface area contributed by atoms with Crippen molar-refractivity contribution in [1.29, 1.82) is 0 Å². The summed E-state index contributed by atoms with van der Waals surface area (Å²) in [6.07, 6.45) is 0.995. The van der Waals surface area contributed by atoms with Gasteiger partial charge in [0.15, 0.2) is 0 Å². The zero-order chi connectivity index (χ0) is 19.0. The van der Waals surface area contributed by atoms with Crippen molar-refractivity contribution in [2.75, 3.05) is 6.61 Å². The second kappa shape index (κ2) is 7.07. The molecule has 2 unspecified atom stereocenters. The zero-order valence-corrected chi connectivity index (χ0v) is 16.1. The normalized spacial score (nSPS) is 18.3. The highest BCUT2D eigenvalue weighted by molar-refractivity contribution is 5.95. The molecule has 3 aromatic carbocycles. The van der Waals surface area contributed by atoms with E-state index in [-0.39, 0.29) is 11.9 Å². The minimum atomic E-state index is 0.0169. The molecule has 138 valence electrons. The summed E-state index contributed by atoms with van der Waals surface area (Å²) >= 11 is 0. The summed E-state index contributed by atoms with van der Waals surface area (Å²) in [7, 11) is 0. The molecule has 0 aliphatic heterocycles. The van der Waals surface area contributed by atoms with Crippen LogP contribution in [0.1, 0.15) is 46.3 Å². The lowest BCUT2D eigenvalue weighted by Crippen LogP contribution is -2.26. The number of benzene rings is 3. The number of carbonyl (C=O) groups is 1. The van der Waals surface area contributed by atoms with E-state index in [2.05, 4.69) is 36.5 Å². The van der Waals surface area contributed by atoms with E-state index >= 15 is 0 Å². The van der Waals surface area contributed by atoms with Gasteiger partial charge in [0.2, 0.25) is 0 Å². The zero-order valence-electron chi connectivity index (χ0n) is 16.1. The number of rotatable bonds is 5. The number of hydrogen-bond acceptors (Lipinski definition) is 2. The fourth-order valence-electron chi connectivity index (χ4n) is 3.80. The Morgan fingerprint density at radius 3 is 2.70 bits per heavy atom. The predicted octanol–water partition coefficient (Wildman–Crippen LogP) is 5.14. The molecule has 0 spiro atoms. The predicted molar refractivity (Wildman–Crippen MR) is 110 cm³/mol. The Hall–Kier alpha value is -2.81. The molecular formula is C24H25NO2. The molecule has 1 saturated carbocycles. The summed E-state index contributed by atoms with van der Waals surface area (Å²) in [5.41, 5.74) is 4.44. The summed E-state index contributed by atoms with van der Waals surface area (Å²) < 4.78 is 5.64. The van der Waals surface area contributed by atoms with Gasteiger partial charge >= 0.3 is 0 Å². The second-order valence-electron chi connectivity index (χ2n) is 7.44. The van der Waals surface area contributed by atoms with Crippen LogP contribution in [0.3, 0.4) is 0 Å². The molecule has 0 aromatic heterocycles. The number of hydrogen-bond donors (Lipinski definition) is 1. The van der Waals surface area contributed by atoms with Crippen LogP contribution >= 0.6 is 0 Å². The SMILES string of the molecule is CCOc1ccc2cc(C)c(C3CC3NC(=O)c3cccc(C)c3)cc2c1. The Bertz CT molecular complexity index is 1010. The number of carbonyl (C=O) groups excluding carboxylic acids is 1. The second-order valence-corrected chi connectivity index (χ2v) is 7.44. The molecule has 1 N–H and O–H groups in total. The maximum Gasteiger partial charge on any atom is 0.251 e. The molecule has 2 atom stereocenters. The molecule has 3 aromatic rings. The molecular weight excluding hydrogens is 334 g/mol. The fourth-order valence-corrected chi connectivity index (χ4v) is 3.80. The third-order valence-corrected chi connectivity index (χ3v) is 5.29. The van der Waals surface area contributed by atoms with Crippen molar-refractivity contribution in [3.05, 3.63) is 76.9 Å². The number of amides is 1. The largest absolute Gasteiger partial charge is 0.494 e. The lowest BCUT2D eigenvalue weighted by Gasteiger charge is -2.11. The van der Waals surface area contributed by atoms with Gasteiger partial charge < -0.3 is 10.1 Å². The number of aryl methyl sites for hydroxylation is 2. The fraction of sp³-hybridized carbons (Fsp3) is 0.292. The quantitative estimate of drug-likeness (QED) is 0.685. The third kappa shape index (κ3) is 3.68. The van der Waals surface area contributed by atoms with Crippen molar-refractivity contribution < 1.29 is 9.53 Å². The first-order valence-corrected chi connectivity index (χ1v) is 9.60. The van der Waals surface area contributed by atoms with Crippen molar-refractivity contribution in [2.24, 2.45) is 0 Å². The molecule has 0 saturated heterocycles. The van der Waals surface area contributed by atoms with Gasteiger partial charge in [0.25, 0.3) is 5.91 Å². The molecule has 0 bridgehead atoms. The van der Waals surface area contributed by atoms with Gasteiger partial charge in [-0.15, -0.1) is 0 Å². The van der Waals surface area contributed by atoms with Crippen LogP contribution in [0, 0.1) is 13.8 Å². The first kappa shape index (κ1) is 17.6. The van der Waals surface area contributed by atoms with E-state index in [4.69, 9.17) is 4.74 Å². The standard InChI is InChI=1S/C24H25NO2/c1-4-27-20-9-8-17-11-16(3)21(13-19(17)12-20)22-14-23(22)25-24(26)18-7-5-6-15(2)10-18/h5-13,22-23H,4,14H2,1-3H3,(H,25,26). The lowest BCUT2D eigenvalue weighted by molar-refractivity contribution is 0.0950. The van der Waals surface area contributed by atoms with Gasteiger partial charge in [-0.1, -0.05) is 35.9 Å². The summed E-state index contributed by atoms with van der Waals surface area (Å²) in [5, 5.41) is 5.60. The van der Waals surface area contributed by atoms with Gasteiger partial charge in [0.05, 0.1) is 6.61 Å². The van der Waals surface area contributed by atoms with Crippen molar-refractivity contribution in [2.45, 2.75) is 39.2 Å². The van der Waals surface area contributed by atoms with Gasteiger partial charge in [-0.05, 0) is 73.4 Å². The van der Waals surface area contributed by atoms with Gasteiger partial charge in [-0.3, -0.25) is 4.79 Å². The molecule has 0 radical (unpaired) electrons. The Labute approximate surface area is 160 Å². The van der Waals surface area contributed by atoms with Crippen LogP contribution in [0.25, 0.3) is 10.8 Å². The molecule has 1 aliphatic rings. The molecule has 1 amide bonds. The first-order valence-electron chi connectivity index (χ1n) is 9.60. The van der Waals surface area contributed by atoms with E-state index in [0.717, 1.165) is 23.3 Å². The average molecular weight is 359 g/mol. The summed E-state index contributed by atoms with van der Waals surface area (Å²) in [6.45, 7) is 6.82. The van der Waals surface area contributed by atoms with Gasteiger partial charge in [0, 0.05) is 17.5 Å².